The van der Waals surface area contributed by atoms with Crippen LogP contribution < -0.4 is 5.32 Å². The maximum absolute atomic E-state index is 13.6. The minimum Gasteiger partial charge on any atom is -0.311 e. The maximum Gasteiger partial charge on any atom is 0.400 e. The topological polar surface area (TPSA) is 46.9 Å². The first-order valence-corrected chi connectivity index (χ1v) is 9.98. The van der Waals surface area contributed by atoms with E-state index in [1.807, 2.05) is 30.3 Å². The van der Waals surface area contributed by atoms with Gasteiger partial charge in [-0.15, -0.1) is 0 Å². The Kier molecular flexibility index (Phi) is 5.51. The fraction of sp³-hybridized carbons (Fsp3) is 0.273. The van der Waals surface area contributed by atoms with Gasteiger partial charge in [-0.3, -0.25) is 4.79 Å². The van der Waals surface area contributed by atoms with E-state index >= 15 is 0 Å². The van der Waals surface area contributed by atoms with Crippen LogP contribution >= 0.6 is 11.6 Å². The Morgan fingerprint density at radius 3 is 2.42 bits per heavy atom. The second-order valence-electron chi connectivity index (χ2n) is 7.61. The van der Waals surface area contributed by atoms with Gasteiger partial charge in [0.2, 0.25) is 5.91 Å². The van der Waals surface area contributed by atoms with Crippen LogP contribution in [0.3, 0.4) is 0 Å². The van der Waals surface area contributed by atoms with Gasteiger partial charge < -0.3 is 5.32 Å². The van der Waals surface area contributed by atoms with Gasteiger partial charge in [0.05, 0.1) is 23.7 Å². The Labute approximate surface area is 180 Å². The van der Waals surface area contributed by atoms with E-state index in [1.54, 1.807) is 0 Å². The Bertz CT molecular complexity index is 1110. The van der Waals surface area contributed by atoms with Gasteiger partial charge in [0.1, 0.15) is 17.1 Å². The summed E-state index contributed by atoms with van der Waals surface area (Å²) >= 11 is 5.75. The van der Waals surface area contributed by atoms with Crippen molar-refractivity contribution in [3.63, 3.8) is 0 Å². The van der Waals surface area contributed by atoms with Gasteiger partial charge in [-0.1, -0.05) is 48.0 Å². The summed E-state index contributed by atoms with van der Waals surface area (Å²) in [5.74, 6) is -0.897. The van der Waals surface area contributed by atoms with E-state index in [9.17, 15) is 22.4 Å². The lowest BCUT2D eigenvalue weighted by molar-refractivity contribution is -0.161. The third-order valence-corrected chi connectivity index (χ3v) is 5.64. The Hall–Kier alpha value is -2.87. The van der Waals surface area contributed by atoms with E-state index in [4.69, 9.17) is 11.6 Å². The molecule has 1 aliphatic carbocycles. The zero-order valence-corrected chi connectivity index (χ0v) is 17.0. The number of rotatable bonds is 6. The SMILES string of the molecule is O=C(Cc1ccc(F)c(Cl)c1)Nc1cc(C2(C(F)(F)F)CC2)nn1Cc1ccccc1. The molecule has 1 saturated carbocycles. The van der Waals surface area contributed by atoms with Crippen LogP contribution in [0.4, 0.5) is 23.4 Å². The molecule has 3 aromatic rings. The van der Waals surface area contributed by atoms with Crippen LogP contribution in [-0.2, 0) is 23.2 Å². The number of carbonyl (C=O) groups is 1. The van der Waals surface area contributed by atoms with Gasteiger partial charge in [-0.25, -0.2) is 9.07 Å². The highest BCUT2D eigenvalue weighted by Gasteiger charge is 2.65. The summed E-state index contributed by atoms with van der Waals surface area (Å²) in [6, 6.07) is 14.3. The smallest absolute Gasteiger partial charge is 0.311 e. The molecule has 0 radical (unpaired) electrons. The summed E-state index contributed by atoms with van der Waals surface area (Å²) in [6.07, 6.45) is -4.58. The quantitative estimate of drug-likeness (QED) is 0.503. The molecule has 162 valence electrons. The average Bonchev–Trinajstić information content (AvgIpc) is 3.45. The first kappa shape index (κ1) is 21.4. The summed E-state index contributed by atoms with van der Waals surface area (Å²) in [7, 11) is 0. The molecule has 0 unspecified atom stereocenters. The van der Waals surface area contributed by atoms with Crippen LogP contribution in [0.2, 0.25) is 5.02 Å². The van der Waals surface area contributed by atoms with Gasteiger partial charge >= 0.3 is 6.18 Å². The summed E-state index contributed by atoms with van der Waals surface area (Å²) in [5.41, 5.74) is -0.753. The molecule has 9 heteroatoms. The zero-order valence-electron chi connectivity index (χ0n) is 16.2. The van der Waals surface area contributed by atoms with Crippen molar-refractivity contribution in [3.8, 4) is 0 Å². The molecule has 4 nitrogen and oxygen atoms in total. The zero-order chi connectivity index (χ0) is 22.2. The van der Waals surface area contributed by atoms with Crippen molar-refractivity contribution >= 4 is 23.3 Å². The molecular weight excluding hydrogens is 434 g/mol. The number of aromatic nitrogens is 2. The third-order valence-electron chi connectivity index (χ3n) is 5.35. The molecule has 1 amide bonds. The number of anilines is 1. The van der Waals surface area contributed by atoms with Crippen molar-refractivity contribution in [2.45, 2.75) is 37.4 Å². The summed E-state index contributed by atoms with van der Waals surface area (Å²) < 4.78 is 55.5. The fourth-order valence-electron chi connectivity index (χ4n) is 3.46. The van der Waals surface area contributed by atoms with Crippen LogP contribution in [0.1, 0.15) is 29.7 Å². The highest BCUT2D eigenvalue weighted by atomic mass is 35.5. The summed E-state index contributed by atoms with van der Waals surface area (Å²) in [4.78, 5) is 12.5. The first-order valence-electron chi connectivity index (χ1n) is 9.61. The lowest BCUT2D eigenvalue weighted by Crippen LogP contribution is -2.29. The minimum atomic E-state index is -4.41. The number of hydrogen-bond donors (Lipinski definition) is 1. The molecule has 0 spiro atoms. The van der Waals surface area contributed by atoms with Crippen LogP contribution in [-0.4, -0.2) is 21.9 Å². The number of halogens is 5. The number of alkyl halides is 3. The molecule has 0 atom stereocenters. The maximum atomic E-state index is 13.6. The van der Waals surface area contributed by atoms with Crippen molar-refractivity contribution in [3.05, 3.63) is 82.3 Å². The van der Waals surface area contributed by atoms with Crippen LogP contribution in [0.15, 0.2) is 54.6 Å². The van der Waals surface area contributed by atoms with Gasteiger partial charge in [0.25, 0.3) is 0 Å². The van der Waals surface area contributed by atoms with E-state index in [1.165, 1.54) is 22.9 Å². The normalized spacial score (nSPS) is 15.0. The van der Waals surface area contributed by atoms with Gasteiger partial charge in [-0.05, 0) is 36.1 Å². The lowest BCUT2D eigenvalue weighted by Gasteiger charge is -2.16. The summed E-state index contributed by atoms with van der Waals surface area (Å²) in [5, 5.41) is 6.74. The number of amides is 1. The van der Waals surface area contributed by atoms with E-state index in [-0.39, 0.29) is 42.3 Å². The predicted octanol–water partition coefficient (Wildman–Crippen LogP) is 5.50. The van der Waals surface area contributed by atoms with Crippen molar-refractivity contribution in [1.29, 1.82) is 0 Å². The molecule has 1 aromatic heterocycles. The minimum absolute atomic E-state index is 0.0275. The largest absolute Gasteiger partial charge is 0.400 e. The standard InChI is InChI=1S/C22H18ClF4N3O/c23-16-10-15(6-7-17(16)24)11-20(31)28-19-12-18(21(8-9-21)22(25,26)27)29-30(19)13-14-4-2-1-3-5-14/h1-7,10,12H,8-9,11,13H2,(H,28,31). The first-order chi connectivity index (χ1) is 14.7. The van der Waals surface area contributed by atoms with E-state index in [0.717, 1.165) is 11.6 Å². The molecule has 0 saturated heterocycles. The molecule has 31 heavy (non-hydrogen) atoms. The monoisotopic (exact) mass is 451 g/mol. The Morgan fingerprint density at radius 1 is 1.10 bits per heavy atom. The number of nitrogens with zero attached hydrogens (tertiary/aromatic N) is 2. The molecule has 1 aliphatic rings. The van der Waals surface area contributed by atoms with Crippen molar-refractivity contribution in [2.75, 3.05) is 5.32 Å². The van der Waals surface area contributed by atoms with Crippen LogP contribution in [0.5, 0.6) is 0 Å². The number of nitrogens with one attached hydrogen (secondary N) is 1. The third kappa shape index (κ3) is 4.44. The molecule has 1 fully saturated rings. The van der Waals surface area contributed by atoms with E-state index in [0.29, 0.717) is 5.56 Å². The number of benzene rings is 2. The van der Waals surface area contributed by atoms with Crippen molar-refractivity contribution in [1.82, 2.24) is 9.78 Å². The Morgan fingerprint density at radius 2 is 1.81 bits per heavy atom. The lowest BCUT2D eigenvalue weighted by atomic mass is 10.0. The molecule has 0 bridgehead atoms. The highest BCUT2D eigenvalue weighted by Crippen LogP contribution is 2.58. The van der Waals surface area contributed by atoms with E-state index in [2.05, 4.69) is 10.4 Å². The van der Waals surface area contributed by atoms with Gasteiger partial charge in [0.15, 0.2) is 0 Å². The fourth-order valence-corrected chi connectivity index (χ4v) is 3.66. The molecular formula is C22H18ClF4N3O. The summed E-state index contributed by atoms with van der Waals surface area (Å²) in [6.45, 7) is 0.201. The number of carbonyl (C=O) groups excluding carboxylic acids is 1. The predicted molar refractivity (Wildman–Crippen MR) is 108 cm³/mol. The van der Waals surface area contributed by atoms with Crippen molar-refractivity contribution < 1.29 is 22.4 Å². The average molecular weight is 452 g/mol. The van der Waals surface area contributed by atoms with E-state index < -0.39 is 23.3 Å². The molecule has 0 aliphatic heterocycles. The Balaban J connectivity index is 1.60. The number of hydrogen-bond acceptors (Lipinski definition) is 2. The van der Waals surface area contributed by atoms with Crippen molar-refractivity contribution in [2.24, 2.45) is 0 Å². The van der Waals surface area contributed by atoms with Gasteiger partial charge in [-0.2, -0.15) is 18.3 Å². The molecule has 1 heterocycles. The second kappa shape index (κ2) is 8.00. The second-order valence-corrected chi connectivity index (χ2v) is 8.02. The van der Waals surface area contributed by atoms with Crippen LogP contribution in [0.25, 0.3) is 0 Å². The highest BCUT2D eigenvalue weighted by molar-refractivity contribution is 6.30. The molecule has 1 N–H and O–H groups in total. The molecule has 4 rings (SSSR count). The van der Waals surface area contributed by atoms with Crippen LogP contribution in [0, 0.1) is 5.82 Å². The van der Waals surface area contributed by atoms with Gasteiger partial charge in [0, 0.05) is 6.07 Å². The molecule has 2 aromatic carbocycles.